The van der Waals surface area contributed by atoms with Gasteiger partial charge in [-0.3, -0.25) is 43.2 Å². The quantitative estimate of drug-likeness (QED) is 0.0214. The molecular weight excluding hydrogens is 1520 g/mol. The highest BCUT2D eigenvalue weighted by atomic mass is 19.1. The predicted octanol–water partition coefficient (Wildman–Crippen LogP) is 18.7. The molecule has 3 heterocycles. The van der Waals surface area contributed by atoms with E-state index >= 15 is 0 Å². The monoisotopic (exact) mass is 1600 g/mol. The van der Waals surface area contributed by atoms with Crippen molar-refractivity contribution in [1.29, 1.82) is 0 Å². The molecule has 9 aromatic carbocycles. The van der Waals surface area contributed by atoms with E-state index in [-0.39, 0.29) is 109 Å². The number of aliphatic carboxylic acids is 1. The number of carboxylic acids is 1. The Bertz CT molecular complexity index is 5920. The Morgan fingerprint density at radius 2 is 0.661 bits per heavy atom. The molecule has 9 saturated carbocycles. The van der Waals surface area contributed by atoms with E-state index in [4.69, 9.17) is 23.7 Å². The summed E-state index contributed by atoms with van der Waals surface area (Å²) in [4.78, 5) is 114. The first kappa shape index (κ1) is 78.9. The zero-order chi connectivity index (χ0) is 83.1. The molecule has 0 aliphatic heterocycles. The fourth-order valence-electron chi connectivity index (χ4n) is 18.5. The number of furan rings is 3. The van der Waals surface area contributed by atoms with Gasteiger partial charge in [0.05, 0.1) is 59.8 Å². The van der Waals surface area contributed by atoms with E-state index in [2.05, 4.69) is 16.0 Å². The minimum absolute atomic E-state index is 0.00747. The van der Waals surface area contributed by atoms with Crippen LogP contribution in [-0.4, -0.2) is 86.3 Å². The number of benzene rings is 9. The van der Waals surface area contributed by atoms with E-state index < -0.39 is 70.5 Å². The molecule has 0 unspecified atom stereocenters. The van der Waals surface area contributed by atoms with Crippen molar-refractivity contribution in [3.05, 3.63) is 249 Å². The maximum Gasteiger partial charge on any atom is 0.310 e. The third kappa shape index (κ3) is 14.9. The average molecular weight is 1600 g/mol. The summed E-state index contributed by atoms with van der Waals surface area (Å²) in [6, 6.07) is 39.3. The summed E-state index contributed by atoms with van der Waals surface area (Å²) < 4.78 is 108. The molecule has 9 aliphatic carbocycles. The van der Waals surface area contributed by atoms with Gasteiger partial charge in [-0.1, -0.05) is 18.2 Å². The lowest BCUT2D eigenvalue weighted by Crippen LogP contribution is -2.52. The van der Waals surface area contributed by atoms with Crippen LogP contribution < -0.4 is 21.7 Å². The van der Waals surface area contributed by atoms with Gasteiger partial charge >= 0.3 is 11.9 Å². The fourth-order valence-corrected chi connectivity index (χ4v) is 18.5. The van der Waals surface area contributed by atoms with Crippen LogP contribution in [0, 0.1) is 68.9 Å². The van der Waals surface area contributed by atoms with Gasteiger partial charge in [-0.05, 0) is 287 Å². The van der Waals surface area contributed by atoms with Gasteiger partial charge in [0.1, 0.15) is 68.9 Å². The number of carboxylic acid groups (broad SMARTS) is 1. The molecular formula is C94H78F6N4O14. The number of hydrogen-bond donors (Lipinski definition) is 5. The molecule has 9 fully saturated rings. The molecule has 0 radical (unpaired) electrons. The number of esters is 1. The number of ether oxygens (including phenoxy) is 1. The molecule has 4 amide bonds. The van der Waals surface area contributed by atoms with Gasteiger partial charge in [-0.15, -0.1) is 0 Å². The van der Waals surface area contributed by atoms with Gasteiger partial charge in [0.15, 0.2) is 17.3 Å². The molecule has 9 aliphatic rings. The van der Waals surface area contributed by atoms with E-state index in [1.54, 1.807) is 48.5 Å². The first-order valence-electron chi connectivity index (χ1n) is 38.8. The molecule has 0 saturated heterocycles. The number of fused-ring (bicyclic) bond motifs is 3. The van der Waals surface area contributed by atoms with Crippen LogP contribution in [0.25, 0.3) is 100 Å². The van der Waals surface area contributed by atoms with Crippen molar-refractivity contribution >= 4 is 85.8 Å². The lowest BCUT2D eigenvalue weighted by Gasteiger charge is -2.62. The Morgan fingerprint density at radius 1 is 0.390 bits per heavy atom. The van der Waals surface area contributed by atoms with Gasteiger partial charge in [0.2, 0.25) is 5.91 Å². The van der Waals surface area contributed by atoms with E-state index in [1.165, 1.54) is 144 Å². The molecule has 21 rings (SSSR count). The van der Waals surface area contributed by atoms with Crippen molar-refractivity contribution in [2.75, 3.05) is 28.3 Å². The highest BCUT2D eigenvalue weighted by Crippen LogP contribution is 2.68. The van der Waals surface area contributed by atoms with Crippen LogP contribution in [0.3, 0.4) is 0 Å². The van der Waals surface area contributed by atoms with Crippen LogP contribution in [0.5, 0.6) is 0 Å². The number of primary amides is 1. The molecule has 0 spiro atoms. The fraction of sp³-hybridized carbons (Fsp3) is 0.266. The molecule has 600 valence electrons. The number of amides is 4. The van der Waals surface area contributed by atoms with Gasteiger partial charge in [0, 0.05) is 73.3 Å². The van der Waals surface area contributed by atoms with Crippen LogP contribution in [0.15, 0.2) is 177 Å². The second-order valence-corrected chi connectivity index (χ2v) is 32.5. The Labute approximate surface area is 671 Å². The maximum absolute atomic E-state index is 14.9. The van der Waals surface area contributed by atoms with Crippen molar-refractivity contribution < 1.29 is 92.6 Å². The smallest absolute Gasteiger partial charge is 0.310 e. The number of carbonyl (C=O) groups is 9. The lowest BCUT2D eigenvalue weighted by atomic mass is 9.43. The zero-order valence-electron chi connectivity index (χ0n) is 64.5. The van der Waals surface area contributed by atoms with E-state index in [9.17, 15) is 74.6 Å². The van der Waals surface area contributed by atoms with Crippen LogP contribution in [0.1, 0.15) is 156 Å². The largest absolute Gasteiger partial charge is 0.481 e. The van der Waals surface area contributed by atoms with Gasteiger partial charge in [0.25, 0.3) is 17.7 Å². The standard InChI is InChI=1S/C32H27F2NO5.C31H26F2N2O4.C31H25F2NO5/c1-35-31(38)29-24-12-22(19-5-8-25(34)23(9-19)26(36)16-32-13-17(14-32)15-32)20(11-28(37)39-2)10-27(24)40-30(29)18-3-6-21(33)7-4-18;1-35-30(38)28-23-11-21(18-4-7-24(33)22(8-18)25(36)15-31-12-16(13-31)14-31)19(10-27(34)37)9-26(23)39-29(28)17-2-5-20(32)6-3-17;1-34-30(38)28-23-11-21(18-4-7-24(33)22(8-18)25(35)15-31-12-16(13-31)14-31)19(10-27(36)37)9-26(23)39-29(28)17-2-5-20(32)6-3-17/h3-10,12,17H,11,13-16H2,1-2H3,(H,35,38);2-9,11,16H,10,12-15H2,1H3,(H2,34,37)(H,35,38);2-9,11,16H,10,12-15H2,1H3,(H,34,38)(H,36,37). The zero-order valence-corrected chi connectivity index (χ0v) is 64.5. The Kier molecular flexibility index (Phi) is 20.7. The second kappa shape index (κ2) is 30.9. The molecule has 6 N–H and O–H groups in total. The summed E-state index contributed by atoms with van der Waals surface area (Å²) in [5.41, 5.74) is 13.1. The average Bonchev–Trinajstić information content (AvgIpc) is 1.51. The Morgan fingerprint density at radius 3 is 0.907 bits per heavy atom. The minimum Gasteiger partial charge on any atom is -0.481 e. The molecule has 24 heteroatoms. The number of carbonyl (C=O) groups excluding carboxylic acids is 8. The highest BCUT2D eigenvalue weighted by molar-refractivity contribution is 6.15. The lowest BCUT2D eigenvalue weighted by molar-refractivity contribution is -0.140. The van der Waals surface area contributed by atoms with Crippen LogP contribution >= 0.6 is 0 Å². The van der Waals surface area contributed by atoms with Gasteiger partial charge in [-0.2, -0.15) is 0 Å². The minimum atomic E-state index is -1.09. The summed E-state index contributed by atoms with van der Waals surface area (Å²) in [5, 5.41) is 18.7. The predicted molar refractivity (Wildman–Crippen MR) is 427 cm³/mol. The van der Waals surface area contributed by atoms with Crippen molar-refractivity contribution in [2.24, 2.45) is 39.7 Å². The first-order chi connectivity index (χ1) is 56.5. The SMILES string of the molecule is CNC(=O)c1c(-c2ccc(F)cc2)oc2cc(CC(=O)O)c(-c3ccc(F)c(C(=O)CC45CC(C4)C5)c3)cc12.CNC(=O)c1c(-c2ccc(F)cc2)oc2cc(CC(=O)OC)c(-c3ccc(F)c(C(=O)CC45CC(C4)C5)c3)cc12.CNC(=O)c1c(-c2ccc(F)cc2)oc2cc(CC(N)=O)c(-c3ccc(F)c(C(=O)CC45CC(C4)C5)c3)cc12. The highest BCUT2D eigenvalue weighted by Gasteiger charge is 2.59. The molecule has 6 bridgehead atoms. The molecule has 3 aromatic heterocycles. The summed E-state index contributed by atoms with van der Waals surface area (Å²) in [7, 11) is 5.73. The number of ketones is 3. The van der Waals surface area contributed by atoms with Crippen molar-refractivity contribution in [1.82, 2.24) is 16.0 Å². The van der Waals surface area contributed by atoms with Gasteiger partial charge in [-0.25, -0.2) is 26.3 Å². The topological polar surface area (TPSA) is 285 Å². The van der Waals surface area contributed by atoms with Crippen LogP contribution in [0.4, 0.5) is 26.3 Å². The molecule has 118 heavy (non-hydrogen) atoms. The van der Waals surface area contributed by atoms with E-state index in [1.807, 2.05) is 0 Å². The Balaban J connectivity index is 0.000000132. The van der Waals surface area contributed by atoms with Gasteiger partial charge < -0.3 is 44.8 Å². The summed E-state index contributed by atoms with van der Waals surface area (Å²) in [6.45, 7) is 0. The normalized spacial score (nSPS) is 19.2. The molecule has 0 atom stereocenters. The van der Waals surface area contributed by atoms with E-state index in [0.717, 1.165) is 57.8 Å². The van der Waals surface area contributed by atoms with Crippen LogP contribution in [0.2, 0.25) is 0 Å². The number of nitrogens with two attached hydrogens (primary N) is 1. The maximum atomic E-state index is 14.9. The number of nitrogens with one attached hydrogen (secondary N) is 3. The molecule has 12 aromatic rings. The number of rotatable bonds is 24. The van der Waals surface area contributed by atoms with E-state index in [0.29, 0.717) is 131 Å². The number of hydrogen-bond acceptors (Lipinski definition) is 13. The number of Topliss-reactive ketones (excluding diaryl/α,β-unsaturated/α-hetero) is 3. The molecule has 18 nitrogen and oxygen atoms in total. The summed E-state index contributed by atoms with van der Waals surface area (Å²) in [6.07, 6.45) is 9.52. The first-order valence-corrected chi connectivity index (χ1v) is 38.8. The third-order valence-electron chi connectivity index (χ3n) is 24.5. The Hall–Kier alpha value is -13.0. The summed E-state index contributed by atoms with van der Waals surface area (Å²) >= 11 is 0. The van der Waals surface area contributed by atoms with Crippen molar-refractivity contribution in [2.45, 2.75) is 96.3 Å². The number of halogens is 6. The van der Waals surface area contributed by atoms with Crippen LogP contribution in [-0.2, 0) is 38.4 Å². The van der Waals surface area contributed by atoms with Crippen molar-refractivity contribution in [3.8, 4) is 67.4 Å². The van der Waals surface area contributed by atoms with Crippen molar-refractivity contribution in [3.63, 3.8) is 0 Å². The second-order valence-electron chi connectivity index (χ2n) is 32.5. The summed E-state index contributed by atoms with van der Waals surface area (Å²) in [5.74, 6) is -4.52. The third-order valence-corrected chi connectivity index (χ3v) is 24.5. The number of methoxy groups -OCH3 is 1.